The molecule has 224 valence electrons. The van der Waals surface area contributed by atoms with Crippen LogP contribution in [0.4, 0.5) is 10.5 Å². The van der Waals surface area contributed by atoms with Gasteiger partial charge in [-0.1, -0.05) is 48.0 Å². The van der Waals surface area contributed by atoms with Gasteiger partial charge in [0.15, 0.2) is 11.5 Å². The largest absolute Gasteiger partial charge is 0.494 e. The van der Waals surface area contributed by atoms with E-state index in [9.17, 15) is 14.4 Å². The van der Waals surface area contributed by atoms with Gasteiger partial charge in [-0.15, -0.1) is 0 Å². The number of methoxy groups -OCH3 is 1. The molecule has 0 aliphatic carbocycles. The molecule has 1 saturated heterocycles. The number of carbonyl (C=O) groups excluding carboxylic acids is 3. The van der Waals surface area contributed by atoms with E-state index in [0.29, 0.717) is 46.8 Å². The van der Waals surface area contributed by atoms with Crippen LogP contribution < -0.4 is 29.2 Å². The second kappa shape index (κ2) is 13.8. The third-order valence-corrected chi connectivity index (χ3v) is 6.87. The number of carbonyl (C=O) groups is 3. The second-order valence-electron chi connectivity index (χ2n) is 9.62. The van der Waals surface area contributed by atoms with Crippen LogP contribution in [-0.4, -0.2) is 31.6 Å². The second-order valence-corrected chi connectivity index (χ2v) is 10.1. The standard InChI is InChI=1S/C34H29ClN2O7/c1-3-42-27-13-11-26(12-14-27)37-33(39)28(32(38)36-34(37)40)19-24-18-25(35)10-16-29(24)43-21-23-9-15-30(31(17-23)41-2)44-20-22-7-5-4-6-8-22/h4-19H,3,20-21H2,1-2H3,(H,36,38,40)/b28-19+. The summed E-state index contributed by atoms with van der Waals surface area (Å²) in [6, 6.07) is 25.7. The van der Waals surface area contributed by atoms with E-state index in [4.69, 9.17) is 30.5 Å². The van der Waals surface area contributed by atoms with Crippen molar-refractivity contribution in [3.63, 3.8) is 0 Å². The number of nitrogens with one attached hydrogen (secondary N) is 1. The zero-order valence-corrected chi connectivity index (χ0v) is 24.8. The van der Waals surface area contributed by atoms with Crippen LogP contribution in [0.15, 0.2) is 96.6 Å². The fourth-order valence-electron chi connectivity index (χ4n) is 4.49. The maximum absolute atomic E-state index is 13.4. The van der Waals surface area contributed by atoms with E-state index in [2.05, 4.69) is 5.32 Å². The van der Waals surface area contributed by atoms with E-state index >= 15 is 0 Å². The molecule has 1 heterocycles. The lowest BCUT2D eigenvalue weighted by molar-refractivity contribution is -0.122. The van der Waals surface area contributed by atoms with E-state index in [-0.39, 0.29) is 17.9 Å². The number of imide groups is 2. The predicted octanol–water partition coefficient (Wildman–Crippen LogP) is 6.57. The molecule has 1 fully saturated rings. The lowest BCUT2D eigenvalue weighted by atomic mass is 10.1. The van der Waals surface area contributed by atoms with Gasteiger partial charge in [0.05, 0.1) is 19.4 Å². The molecule has 0 bridgehead atoms. The number of barbiturate groups is 1. The van der Waals surface area contributed by atoms with Gasteiger partial charge in [-0.25, -0.2) is 9.69 Å². The third kappa shape index (κ3) is 7.02. The highest BCUT2D eigenvalue weighted by atomic mass is 35.5. The van der Waals surface area contributed by atoms with Crippen LogP contribution in [-0.2, 0) is 22.8 Å². The predicted molar refractivity (Wildman–Crippen MR) is 166 cm³/mol. The highest BCUT2D eigenvalue weighted by Gasteiger charge is 2.37. The molecule has 0 atom stereocenters. The van der Waals surface area contributed by atoms with Crippen LogP contribution in [0, 0.1) is 0 Å². The van der Waals surface area contributed by atoms with Crippen molar-refractivity contribution < 1.29 is 33.3 Å². The molecule has 10 heteroatoms. The number of anilines is 1. The fourth-order valence-corrected chi connectivity index (χ4v) is 4.67. The normalized spacial score (nSPS) is 13.9. The fraction of sp³-hybridized carbons (Fsp3) is 0.147. The molecule has 0 saturated carbocycles. The summed E-state index contributed by atoms with van der Waals surface area (Å²) in [4.78, 5) is 39.8. The Kier molecular flexibility index (Phi) is 9.46. The van der Waals surface area contributed by atoms with Crippen molar-refractivity contribution in [2.45, 2.75) is 20.1 Å². The number of halogens is 1. The zero-order valence-electron chi connectivity index (χ0n) is 24.0. The first kappa shape index (κ1) is 30.2. The van der Waals surface area contributed by atoms with Crippen molar-refractivity contribution in [2.24, 2.45) is 0 Å². The number of urea groups is 1. The van der Waals surface area contributed by atoms with Crippen molar-refractivity contribution in [1.29, 1.82) is 0 Å². The summed E-state index contributed by atoms with van der Waals surface area (Å²) in [5, 5.41) is 2.60. The van der Waals surface area contributed by atoms with E-state index in [1.807, 2.05) is 55.5 Å². The summed E-state index contributed by atoms with van der Waals surface area (Å²) in [7, 11) is 1.56. The van der Waals surface area contributed by atoms with Gasteiger partial charge in [-0.2, -0.15) is 0 Å². The molecule has 5 rings (SSSR count). The molecule has 9 nitrogen and oxygen atoms in total. The first-order chi connectivity index (χ1) is 21.4. The molecule has 1 aliphatic rings. The number of benzene rings is 4. The zero-order chi connectivity index (χ0) is 31.1. The summed E-state index contributed by atoms with van der Waals surface area (Å²) in [6.07, 6.45) is 1.36. The van der Waals surface area contributed by atoms with Gasteiger partial charge in [0.1, 0.15) is 30.3 Å². The number of ether oxygens (including phenoxy) is 4. The SMILES string of the molecule is CCOc1ccc(N2C(=O)NC(=O)/C(=C\c3cc(Cl)ccc3OCc3ccc(OCc4ccccc4)c(OC)c3)C2=O)cc1. The molecule has 44 heavy (non-hydrogen) atoms. The summed E-state index contributed by atoms with van der Waals surface area (Å²) in [5.41, 5.74) is 2.23. The van der Waals surface area contributed by atoms with E-state index < -0.39 is 17.8 Å². The minimum Gasteiger partial charge on any atom is -0.494 e. The van der Waals surface area contributed by atoms with E-state index in [1.165, 1.54) is 6.08 Å². The van der Waals surface area contributed by atoms with Gasteiger partial charge < -0.3 is 18.9 Å². The average molecular weight is 613 g/mol. The molecule has 4 amide bonds. The Morgan fingerprint density at radius 3 is 2.20 bits per heavy atom. The number of hydrogen-bond donors (Lipinski definition) is 1. The van der Waals surface area contributed by atoms with Crippen LogP contribution in [0.2, 0.25) is 5.02 Å². The lowest BCUT2D eigenvalue weighted by Gasteiger charge is -2.26. The van der Waals surface area contributed by atoms with Gasteiger partial charge in [0, 0.05) is 10.6 Å². The molecule has 1 N–H and O–H groups in total. The molecular formula is C34H29ClN2O7. The lowest BCUT2D eigenvalue weighted by Crippen LogP contribution is -2.54. The molecule has 4 aromatic carbocycles. The first-order valence-corrected chi connectivity index (χ1v) is 14.1. The van der Waals surface area contributed by atoms with E-state index in [0.717, 1.165) is 16.0 Å². The van der Waals surface area contributed by atoms with Gasteiger partial charge >= 0.3 is 6.03 Å². The molecule has 0 spiro atoms. The van der Waals surface area contributed by atoms with Crippen molar-refractivity contribution in [3.8, 4) is 23.0 Å². The molecule has 4 aromatic rings. The average Bonchev–Trinajstić information content (AvgIpc) is 3.03. The van der Waals surface area contributed by atoms with Crippen LogP contribution in [0.1, 0.15) is 23.6 Å². The minimum absolute atomic E-state index is 0.143. The highest BCUT2D eigenvalue weighted by molar-refractivity contribution is 6.39. The molecule has 0 unspecified atom stereocenters. The van der Waals surface area contributed by atoms with Gasteiger partial charge in [-0.05, 0) is 78.7 Å². The topological polar surface area (TPSA) is 103 Å². The maximum atomic E-state index is 13.4. The van der Waals surface area contributed by atoms with Gasteiger partial charge in [0.25, 0.3) is 11.8 Å². The molecule has 0 radical (unpaired) electrons. The summed E-state index contributed by atoms with van der Waals surface area (Å²) in [5.74, 6) is 0.471. The van der Waals surface area contributed by atoms with Crippen molar-refractivity contribution >= 4 is 41.2 Å². The Bertz CT molecular complexity index is 1700. The number of amides is 4. The van der Waals surface area contributed by atoms with Gasteiger partial charge in [0.2, 0.25) is 0 Å². The maximum Gasteiger partial charge on any atom is 0.335 e. The molecule has 1 aliphatic heterocycles. The Balaban J connectivity index is 1.35. The Hall–Kier alpha value is -5.28. The van der Waals surface area contributed by atoms with Gasteiger partial charge in [-0.3, -0.25) is 14.9 Å². The summed E-state index contributed by atoms with van der Waals surface area (Å²) in [6.45, 7) is 2.85. The Morgan fingerprint density at radius 1 is 0.773 bits per heavy atom. The van der Waals surface area contributed by atoms with Crippen LogP contribution in [0.3, 0.4) is 0 Å². The van der Waals surface area contributed by atoms with E-state index in [1.54, 1.807) is 49.6 Å². The monoisotopic (exact) mass is 612 g/mol. The molecular weight excluding hydrogens is 584 g/mol. The minimum atomic E-state index is -0.853. The molecule has 0 aromatic heterocycles. The number of nitrogens with zero attached hydrogens (tertiary/aromatic N) is 1. The number of rotatable bonds is 11. The smallest absolute Gasteiger partial charge is 0.335 e. The summed E-state index contributed by atoms with van der Waals surface area (Å²) >= 11 is 6.27. The first-order valence-electron chi connectivity index (χ1n) is 13.8. The van der Waals surface area contributed by atoms with Crippen molar-refractivity contribution in [1.82, 2.24) is 5.32 Å². The Labute approximate surface area is 259 Å². The summed E-state index contributed by atoms with van der Waals surface area (Å²) < 4.78 is 23.0. The quantitative estimate of drug-likeness (QED) is 0.151. The van der Waals surface area contributed by atoms with Crippen LogP contribution >= 0.6 is 11.6 Å². The number of hydrogen-bond acceptors (Lipinski definition) is 7. The highest BCUT2D eigenvalue weighted by Crippen LogP contribution is 2.32. The Morgan fingerprint density at radius 2 is 1.48 bits per heavy atom. The van der Waals surface area contributed by atoms with Crippen molar-refractivity contribution in [3.05, 3.63) is 118 Å². The van der Waals surface area contributed by atoms with Crippen molar-refractivity contribution in [2.75, 3.05) is 18.6 Å². The third-order valence-electron chi connectivity index (χ3n) is 6.64. The van der Waals surface area contributed by atoms with Crippen LogP contribution in [0.5, 0.6) is 23.0 Å². The van der Waals surface area contributed by atoms with Crippen LogP contribution in [0.25, 0.3) is 6.08 Å².